The first-order valence-electron chi connectivity index (χ1n) is 13.7. The number of hydrogen-bond acceptors (Lipinski definition) is 4. The molecule has 1 aromatic carbocycles. The number of nitrogens with one attached hydrogen (secondary N) is 1. The summed E-state index contributed by atoms with van der Waals surface area (Å²) in [6.07, 6.45) is 8.89. The summed E-state index contributed by atoms with van der Waals surface area (Å²) in [5.74, 6) is 0.526. The van der Waals surface area contributed by atoms with Crippen molar-refractivity contribution >= 4 is 17.2 Å². The zero-order valence-electron chi connectivity index (χ0n) is 22.7. The molecule has 2 aromatic rings. The minimum atomic E-state index is -0.576. The van der Waals surface area contributed by atoms with Gasteiger partial charge in [-0.2, -0.15) is 0 Å². The van der Waals surface area contributed by atoms with Crippen LogP contribution in [0.15, 0.2) is 18.2 Å². The lowest BCUT2D eigenvalue weighted by molar-refractivity contribution is 0.0696. The van der Waals surface area contributed by atoms with Gasteiger partial charge < -0.3 is 10.1 Å². The summed E-state index contributed by atoms with van der Waals surface area (Å²) in [7, 11) is 0. The second-order valence-electron chi connectivity index (χ2n) is 12.4. The average molecular weight is 515 g/mol. The molecule has 1 N–H and O–H groups in total. The van der Waals surface area contributed by atoms with Gasteiger partial charge in [0, 0.05) is 24.7 Å². The van der Waals surface area contributed by atoms with Crippen molar-refractivity contribution in [3.05, 3.63) is 40.0 Å². The van der Waals surface area contributed by atoms with E-state index >= 15 is 0 Å². The number of ether oxygens (including phenoxy) is 1. The van der Waals surface area contributed by atoms with E-state index < -0.39 is 12.1 Å². The molecule has 4 nitrogen and oxygen atoms in total. The van der Waals surface area contributed by atoms with Crippen LogP contribution in [0.5, 0.6) is 0 Å². The van der Waals surface area contributed by atoms with E-state index in [1.807, 2.05) is 13.8 Å². The van der Waals surface area contributed by atoms with Crippen LogP contribution in [0.4, 0.5) is 4.39 Å². The lowest BCUT2D eigenvalue weighted by Crippen LogP contribution is -2.38. The van der Waals surface area contributed by atoms with Crippen LogP contribution < -0.4 is 5.32 Å². The molecule has 0 bridgehead atoms. The number of carbonyl (C=O) groups excluding carboxylic acids is 1. The first-order chi connectivity index (χ1) is 17.1. The summed E-state index contributed by atoms with van der Waals surface area (Å²) >= 11 is 1.50. The number of halogens is 1. The zero-order chi connectivity index (χ0) is 25.9. The van der Waals surface area contributed by atoms with Crippen molar-refractivity contribution in [3.8, 4) is 10.4 Å². The van der Waals surface area contributed by atoms with E-state index in [0.717, 1.165) is 41.0 Å². The van der Waals surface area contributed by atoms with Crippen molar-refractivity contribution in [2.75, 3.05) is 19.9 Å². The molecule has 4 rings (SSSR count). The number of amides is 1. The van der Waals surface area contributed by atoms with E-state index in [2.05, 4.69) is 44.3 Å². The fraction of sp³-hybridized carbons (Fsp3) is 0.667. The van der Waals surface area contributed by atoms with Crippen molar-refractivity contribution in [2.24, 2.45) is 5.92 Å². The maximum Gasteiger partial charge on any atom is 0.280 e. The van der Waals surface area contributed by atoms with Crippen LogP contribution in [0, 0.1) is 5.92 Å². The van der Waals surface area contributed by atoms with Gasteiger partial charge in [0.15, 0.2) is 5.01 Å². The maximum atomic E-state index is 14.1. The van der Waals surface area contributed by atoms with E-state index in [9.17, 15) is 9.18 Å². The largest absolute Gasteiger partial charge is 0.381 e. The first-order valence-corrected chi connectivity index (χ1v) is 14.5. The minimum Gasteiger partial charge on any atom is -0.381 e. The summed E-state index contributed by atoms with van der Waals surface area (Å²) < 4.78 is 19.5. The number of thiazole rings is 1. The normalized spacial score (nSPS) is 18.4. The van der Waals surface area contributed by atoms with Crippen molar-refractivity contribution in [1.82, 2.24) is 10.3 Å². The van der Waals surface area contributed by atoms with Crippen molar-refractivity contribution in [3.63, 3.8) is 0 Å². The van der Waals surface area contributed by atoms with Gasteiger partial charge >= 0.3 is 0 Å². The molecule has 1 aliphatic heterocycles. The summed E-state index contributed by atoms with van der Waals surface area (Å²) in [5.41, 5.74) is 3.62. The highest BCUT2D eigenvalue weighted by molar-refractivity contribution is 7.17. The standard InChI is InChI=1S/C30H43FN2O2S/c1-29(2,3)22-16-21(17-23(18-22)30(4,5)19-31)26-25(15-20-9-7-6-8-10-20)33-28(36-26)27(34)32-24-11-13-35-14-12-24/h16-18,20,24H,6-15,19H2,1-5H3,(H,32,34). The molecular formula is C30H43FN2O2S. The average Bonchev–Trinajstić information content (AvgIpc) is 3.28. The lowest BCUT2D eigenvalue weighted by Gasteiger charge is -2.27. The predicted octanol–water partition coefficient (Wildman–Crippen LogP) is 7.39. The van der Waals surface area contributed by atoms with Gasteiger partial charge in [0.1, 0.15) is 0 Å². The highest BCUT2D eigenvalue weighted by Crippen LogP contribution is 2.39. The van der Waals surface area contributed by atoms with Crippen LogP contribution in [0.2, 0.25) is 0 Å². The highest BCUT2D eigenvalue weighted by Gasteiger charge is 2.28. The number of hydrogen-bond donors (Lipinski definition) is 1. The van der Waals surface area contributed by atoms with Gasteiger partial charge in [-0.1, -0.05) is 72.8 Å². The minimum absolute atomic E-state index is 0.0748. The number of benzene rings is 1. The number of carbonyl (C=O) groups is 1. The van der Waals surface area contributed by atoms with E-state index in [1.165, 1.54) is 49.0 Å². The molecular weight excluding hydrogens is 471 g/mol. The molecule has 1 aromatic heterocycles. The molecule has 1 aliphatic carbocycles. The molecule has 0 radical (unpaired) electrons. The second kappa shape index (κ2) is 11.3. The van der Waals surface area contributed by atoms with Gasteiger partial charge in [0.05, 0.1) is 17.2 Å². The fourth-order valence-corrected chi connectivity index (χ4v) is 6.21. The third kappa shape index (κ3) is 6.55. The van der Waals surface area contributed by atoms with Crippen LogP contribution in [-0.2, 0) is 22.0 Å². The molecule has 0 atom stereocenters. The SMILES string of the molecule is CC(C)(C)c1cc(-c2sc(C(=O)NC3CCOCC3)nc2CC2CCCCC2)cc(C(C)(C)CF)c1. The number of rotatable bonds is 7. The Morgan fingerprint density at radius 3 is 2.33 bits per heavy atom. The summed E-state index contributed by atoms with van der Waals surface area (Å²) in [6, 6.07) is 6.66. The van der Waals surface area contributed by atoms with Gasteiger partial charge in [-0.3, -0.25) is 9.18 Å². The van der Waals surface area contributed by atoms with Crippen molar-refractivity contribution < 1.29 is 13.9 Å². The Morgan fingerprint density at radius 1 is 1.03 bits per heavy atom. The molecule has 0 spiro atoms. The number of nitrogens with zero attached hydrogens (tertiary/aromatic N) is 1. The molecule has 0 unspecified atom stereocenters. The van der Waals surface area contributed by atoms with Crippen LogP contribution in [0.3, 0.4) is 0 Å². The van der Waals surface area contributed by atoms with Gasteiger partial charge in [-0.05, 0) is 59.4 Å². The Hall–Kier alpha value is -1.79. The van der Waals surface area contributed by atoms with Crippen LogP contribution >= 0.6 is 11.3 Å². The van der Waals surface area contributed by atoms with Crippen molar-refractivity contribution in [2.45, 2.75) is 103 Å². The first kappa shape index (κ1) is 27.3. The molecule has 198 valence electrons. The van der Waals surface area contributed by atoms with E-state index in [0.29, 0.717) is 24.1 Å². The Morgan fingerprint density at radius 2 is 1.69 bits per heavy atom. The van der Waals surface area contributed by atoms with Crippen LogP contribution in [0.1, 0.15) is 106 Å². The monoisotopic (exact) mass is 514 g/mol. The number of aromatic nitrogens is 1. The van der Waals surface area contributed by atoms with Gasteiger partial charge in [-0.15, -0.1) is 11.3 Å². The Labute approximate surface area is 220 Å². The van der Waals surface area contributed by atoms with Gasteiger partial charge in [0.25, 0.3) is 5.91 Å². The van der Waals surface area contributed by atoms with E-state index in [1.54, 1.807) is 0 Å². The third-order valence-corrected chi connectivity index (χ3v) is 8.98. The van der Waals surface area contributed by atoms with E-state index in [4.69, 9.17) is 9.72 Å². The Kier molecular flexibility index (Phi) is 8.56. The molecule has 1 saturated heterocycles. The molecule has 2 aliphatic rings. The molecule has 1 amide bonds. The molecule has 36 heavy (non-hydrogen) atoms. The highest BCUT2D eigenvalue weighted by atomic mass is 32.1. The topological polar surface area (TPSA) is 51.2 Å². The number of alkyl halides is 1. The Balaban J connectivity index is 1.74. The third-order valence-electron chi connectivity index (χ3n) is 7.83. The van der Waals surface area contributed by atoms with Crippen molar-refractivity contribution in [1.29, 1.82) is 0 Å². The van der Waals surface area contributed by atoms with Gasteiger partial charge in [0.2, 0.25) is 0 Å². The van der Waals surface area contributed by atoms with Crippen LogP contribution in [0.25, 0.3) is 10.4 Å². The smallest absolute Gasteiger partial charge is 0.280 e. The van der Waals surface area contributed by atoms with Crippen LogP contribution in [-0.4, -0.2) is 36.8 Å². The quantitative estimate of drug-likeness (QED) is 0.419. The predicted molar refractivity (Wildman–Crippen MR) is 147 cm³/mol. The second-order valence-corrected chi connectivity index (χ2v) is 13.4. The molecule has 2 fully saturated rings. The fourth-order valence-electron chi connectivity index (χ4n) is 5.23. The molecule has 6 heteroatoms. The summed E-state index contributed by atoms with van der Waals surface area (Å²) in [6.45, 7) is 11.5. The Bertz CT molecular complexity index is 1040. The summed E-state index contributed by atoms with van der Waals surface area (Å²) in [4.78, 5) is 19.3. The zero-order valence-corrected chi connectivity index (χ0v) is 23.5. The molecule has 2 heterocycles. The lowest BCUT2D eigenvalue weighted by atomic mass is 9.79. The maximum absolute atomic E-state index is 14.1. The van der Waals surface area contributed by atoms with Gasteiger partial charge in [-0.25, -0.2) is 4.98 Å². The van der Waals surface area contributed by atoms with E-state index in [-0.39, 0.29) is 17.4 Å². The summed E-state index contributed by atoms with van der Waals surface area (Å²) in [5, 5.41) is 3.73. The molecule has 1 saturated carbocycles.